The maximum atomic E-state index is 12.2. The third-order valence-corrected chi connectivity index (χ3v) is 4.48. The molecule has 2 unspecified atom stereocenters. The second-order valence-electron chi connectivity index (χ2n) is 6.54. The van der Waals surface area contributed by atoms with Crippen LogP contribution in [0.2, 0.25) is 0 Å². The summed E-state index contributed by atoms with van der Waals surface area (Å²) in [5.41, 5.74) is -0.166. The first-order chi connectivity index (χ1) is 12.8. The van der Waals surface area contributed by atoms with Crippen molar-refractivity contribution in [3.8, 4) is 0 Å². The van der Waals surface area contributed by atoms with Crippen molar-refractivity contribution in [3.63, 3.8) is 0 Å². The van der Waals surface area contributed by atoms with Crippen molar-refractivity contribution in [1.29, 1.82) is 0 Å². The summed E-state index contributed by atoms with van der Waals surface area (Å²) in [6.45, 7) is 3.66. The molecule has 2 rings (SSSR count). The molecule has 1 N–H and O–H groups in total. The van der Waals surface area contributed by atoms with E-state index in [1.165, 1.54) is 25.1 Å². The molecule has 1 aliphatic heterocycles. The Morgan fingerprint density at radius 2 is 2.11 bits per heavy atom. The van der Waals surface area contributed by atoms with Crippen LogP contribution in [0.4, 0.5) is 5.69 Å². The van der Waals surface area contributed by atoms with Crippen LogP contribution >= 0.6 is 0 Å². The van der Waals surface area contributed by atoms with Gasteiger partial charge in [-0.1, -0.05) is 6.07 Å². The minimum atomic E-state index is -0.997. The molecule has 9 heteroatoms. The number of non-ortho nitro benzene ring substituents is 1. The third-order valence-electron chi connectivity index (χ3n) is 4.48. The molecule has 27 heavy (non-hydrogen) atoms. The maximum absolute atomic E-state index is 12.2. The van der Waals surface area contributed by atoms with Gasteiger partial charge in [-0.2, -0.15) is 0 Å². The van der Waals surface area contributed by atoms with Gasteiger partial charge < -0.3 is 15.0 Å². The number of nitrogens with one attached hydrogen (secondary N) is 1. The molecule has 1 aromatic rings. The summed E-state index contributed by atoms with van der Waals surface area (Å²) in [4.78, 5) is 48.2. The molecule has 0 aliphatic carbocycles. The smallest absolute Gasteiger partial charge is 0.328 e. The van der Waals surface area contributed by atoms with Crippen LogP contribution in [-0.4, -0.2) is 52.8 Å². The lowest BCUT2D eigenvalue weighted by molar-refractivity contribution is -0.384. The second-order valence-corrected chi connectivity index (χ2v) is 6.54. The van der Waals surface area contributed by atoms with E-state index in [0.717, 1.165) is 25.3 Å². The molecular formula is C18H23N3O6. The molecule has 1 aromatic carbocycles. The number of nitro groups is 1. The zero-order valence-electron chi connectivity index (χ0n) is 15.3. The van der Waals surface area contributed by atoms with Gasteiger partial charge in [0.05, 0.1) is 4.92 Å². The van der Waals surface area contributed by atoms with Gasteiger partial charge in [0.25, 0.3) is 17.5 Å². The molecule has 1 heterocycles. The summed E-state index contributed by atoms with van der Waals surface area (Å²) < 4.78 is 5.01. The van der Waals surface area contributed by atoms with E-state index in [1.807, 2.05) is 6.92 Å². The van der Waals surface area contributed by atoms with Gasteiger partial charge in [-0.3, -0.25) is 19.7 Å². The molecule has 1 saturated heterocycles. The molecule has 146 valence electrons. The molecular weight excluding hydrogens is 354 g/mol. The summed E-state index contributed by atoms with van der Waals surface area (Å²) in [5, 5.41) is 13.2. The zero-order chi connectivity index (χ0) is 20.0. The number of hydrogen-bond acceptors (Lipinski definition) is 6. The van der Waals surface area contributed by atoms with E-state index < -0.39 is 22.8 Å². The summed E-state index contributed by atoms with van der Waals surface area (Å²) >= 11 is 0. The van der Waals surface area contributed by atoms with E-state index in [-0.39, 0.29) is 29.8 Å². The lowest BCUT2D eigenvalue weighted by atomic mass is 10.0. The fourth-order valence-electron chi connectivity index (χ4n) is 2.91. The van der Waals surface area contributed by atoms with E-state index in [4.69, 9.17) is 4.74 Å². The molecule has 0 bridgehead atoms. The van der Waals surface area contributed by atoms with Crippen molar-refractivity contribution in [3.05, 3.63) is 39.9 Å². The summed E-state index contributed by atoms with van der Waals surface area (Å²) in [5.74, 6) is -1.64. The number of likely N-dealkylation sites (tertiary alicyclic amines) is 1. The highest BCUT2D eigenvalue weighted by Gasteiger charge is 2.25. The Morgan fingerprint density at radius 1 is 1.37 bits per heavy atom. The topological polar surface area (TPSA) is 119 Å². The molecule has 2 atom stereocenters. The number of nitrogens with zero attached hydrogens (tertiary/aromatic N) is 2. The van der Waals surface area contributed by atoms with E-state index in [2.05, 4.69) is 5.32 Å². The average Bonchev–Trinajstić information content (AvgIpc) is 2.66. The molecule has 1 fully saturated rings. The molecule has 2 amide bonds. The SMILES string of the molecule is CC(NC(=O)c1cccc([N+](=O)[O-])c1)C(=O)OCC(=O)N1CCCCC1C. The van der Waals surface area contributed by atoms with Gasteiger partial charge in [-0.25, -0.2) is 4.79 Å². The summed E-state index contributed by atoms with van der Waals surface area (Å²) in [6, 6.07) is 4.30. The molecule has 0 spiro atoms. The number of amides is 2. The van der Waals surface area contributed by atoms with Crippen LogP contribution in [-0.2, 0) is 14.3 Å². The number of carbonyl (C=O) groups excluding carboxylic acids is 3. The van der Waals surface area contributed by atoms with E-state index in [1.54, 1.807) is 4.90 Å². The Kier molecular flexibility index (Phi) is 6.86. The fraction of sp³-hybridized carbons (Fsp3) is 0.500. The monoisotopic (exact) mass is 377 g/mol. The highest BCUT2D eigenvalue weighted by Crippen LogP contribution is 2.16. The van der Waals surface area contributed by atoms with Gasteiger partial charge >= 0.3 is 5.97 Å². The van der Waals surface area contributed by atoms with Gasteiger partial charge in [-0.05, 0) is 39.2 Å². The Labute approximate surface area is 156 Å². The molecule has 0 radical (unpaired) electrons. The van der Waals surface area contributed by atoms with Crippen molar-refractivity contribution in [1.82, 2.24) is 10.2 Å². The Morgan fingerprint density at radius 3 is 2.78 bits per heavy atom. The first-order valence-corrected chi connectivity index (χ1v) is 8.81. The number of ether oxygens (including phenoxy) is 1. The maximum Gasteiger partial charge on any atom is 0.328 e. The van der Waals surface area contributed by atoms with Gasteiger partial charge in [0.15, 0.2) is 6.61 Å². The predicted octanol–water partition coefficient (Wildman–Crippen LogP) is 1.66. The number of benzene rings is 1. The van der Waals surface area contributed by atoms with Crippen LogP contribution in [0.1, 0.15) is 43.5 Å². The molecule has 0 aromatic heterocycles. The highest BCUT2D eigenvalue weighted by atomic mass is 16.6. The second kappa shape index (κ2) is 9.11. The first kappa shape index (κ1) is 20.3. The quantitative estimate of drug-likeness (QED) is 0.457. The van der Waals surface area contributed by atoms with E-state index in [0.29, 0.717) is 6.54 Å². The molecule has 9 nitrogen and oxygen atoms in total. The standard InChI is InChI=1S/C18H23N3O6/c1-12-6-3-4-9-20(12)16(22)11-27-18(24)13(2)19-17(23)14-7-5-8-15(10-14)21(25)26/h5,7-8,10,12-13H,3-4,6,9,11H2,1-2H3,(H,19,23). The largest absolute Gasteiger partial charge is 0.454 e. The van der Waals surface area contributed by atoms with Crippen LogP contribution in [0.25, 0.3) is 0 Å². The molecule has 0 saturated carbocycles. The number of nitro benzene ring substituents is 1. The lowest BCUT2D eigenvalue weighted by Crippen LogP contribution is -2.45. The zero-order valence-corrected chi connectivity index (χ0v) is 15.3. The van der Waals surface area contributed by atoms with Gasteiger partial charge in [0, 0.05) is 30.3 Å². The van der Waals surface area contributed by atoms with Gasteiger partial charge in [0.2, 0.25) is 0 Å². The van der Waals surface area contributed by atoms with Gasteiger partial charge in [-0.15, -0.1) is 0 Å². The minimum Gasteiger partial charge on any atom is -0.454 e. The van der Waals surface area contributed by atoms with Crippen molar-refractivity contribution < 1.29 is 24.0 Å². The van der Waals surface area contributed by atoms with Crippen molar-refractivity contribution in [2.75, 3.05) is 13.2 Å². The van der Waals surface area contributed by atoms with Crippen LogP contribution in [0.3, 0.4) is 0 Å². The number of esters is 1. The third kappa shape index (κ3) is 5.50. The van der Waals surface area contributed by atoms with Crippen LogP contribution < -0.4 is 5.32 Å². The normalized spacial score (nSPS) is 17.7. The van der Waals surface area contributed by atoms with Crippen molar-refractivity contribution in [2.24, 2.45) is 0 Å². The van der Waals surface area contributed by atoms with E-state index in [9.17, 15) is 24.5 Å². The lowest BCUT2D eigenvalue weighted by Gasteiger charge is -2.33. The molecule has 1 aliphatic rings. The number of piperidine rings is 1. The average molecular weight is 377 g/mol. The van der Waals surface area contributed by atoms with Crippen molar-refractivity contribution in [2.45, 2.75) is 45.2 Å². The fourth-order valence-corrected chi connectivity index (χ4v) is 2.91. The minimum absolute atomic E-state index is 0.0575. The summed E-state index contributed by atoms with van der Waals surface area (Å²) in [7, 11) is 0. The number of carbonyl (C=O) groups is 3. The number of hydrogen-bond donors (Lipinski definition) is 1. The van der Waals surface area contributed by atoms with Crippen LogP contribution in [0, 0.1) is 10.1 Å². The Balaban J connectivity index is 1.86. The van der Waals surface area contributed by atoms with E-state index >= 15 is 0 Å². The van der Waals surface area contributed by atoms with Crippen LogP contribution in [0.15, 0.2) is 24.3 Å². The summed E-state index contributed by atoms with van der Waals surface area (Å²) in [6.07, 6.45) is 2.93. The first-order valence-electron chi connectivity index (χ1n) is 8.81. The predicted molar refractivity (Wildman–Crippen MR) is 96.0 cm³/mol. The van der Waals surface area contributed by atoms with Crippen molar-refractivity contribution >= 4 is 23.5 Å². The number of rotatable bonds is 6. The highest BCUT2D eigenvalue weighted by molar-refractivity contribution is 5.97. The Hall–Kier alpha value is -2.97. The van der Waals surface area contributed by atoms with Crippen LogP contribution in [0.5, 0.6) is 0 Å². The van der Waals surface area contributed by atoms with Gasteiger partial charge in [0.1, 0.15) is 6.04 Å². The Bertz CT molecular complexity index is 736.